The number of benzene rings is 2. The zero-order valence-corrected chi connectivity index (χ0v) is 13.9. The summed E-state index contributed by atoms with van der Waals surface area (Å²) in [4.78, 5) is -1.47. The highest BCUT2D eigenvalue weighted by Crippen LogP contribution is 2.48. The summed E-state index contributed by atoms with van der Waals surface area (Å²) < 4.78 is 176. The van der Waals surface area contributed by atoms with Crippen molar-refractivity contribution in [1.29, 1.82) is 0 Å². The number of hydrogen-bond acceptors (Lipinski definition) is 4. The van der Waals surface area contributed by atoms with Gasteiger partial charge >= 0.3 is 0 Å². The van der Waals surface area contributed by atoms with Gasteiger partial charge in [0.1, 0.15) is 0 Å². The summed E-state index contributed by atoms with van der Waals surface area (Å²) in [5, 5.41) is -0.0668. The molecule has 0 amide bonds. The van der Waals surface area contributed by atoms with Crippen LogP contribution in [0.4, 0.5) is 11.4 Å². The van der Waals surface area contributed by atoms with Crippen molar-refractivity contribution in [2.24, 2.45) is 0 Å². The molecule has 5 heteroatoms. The Morgan fingerprint density at radius 3 is 2.84 bits per heavy atom. The lowest BCUT2D eigenvalue weighted by atomic mass is 10.2. The number of hydrogen-bond donors (Lipinski definition) is 0. The predicted molar refractivity (Wildman–Crippen MR) is 108 cm³/mol. The molecule has 0 aliphatic carbocycles. The van der Waals surface area contributed by atoms with Crippen molar-refractivity contribution in [2.75, 3.05) is 50.9 Å². The maximum absolute atomic E-state index is 9.03. The van der Waals surface area contributed by atoms with Gasteiger partial charge in [-0.05, 0) is 50.1 Å². The minimum atomic E-state index is -4.40. The quantitative estimate of drug-likeness (QED) is 0.750. The average Bonchev–Trinajstić information content (AvgIpc) is 2.86. The molecule has 2 aromatic carbocycles. The Labute approximate surface area is 189 Å². The SMILES string of the molecule is [2H]c1c([2H])c([2H])c2c(c1[2H])Sc1ccc(Cl)cc1N2C([2H])([2H])C([2H])([2H])C([2H])([2H])N1C([2H])([2H])C([2H])([2H])N(C([2H])([2H])[2H])C([2H])([2H])C1([2H])[2H]. The van der Waals surface area contributed by atoms with Crippen LogP contribution in [-0.4, -0.2) is 55.8 Å². The molecule has 3 nitrogen and oxygen atoms in total. The molecule has 0 atom stereocenters. The third-order valence-corrected chi connectivity index (χ3v) is 4.41. The molecule has 0 unspecified atom stereocenters. The highest BCUT2D eigenvalue weighted by atomic mass is 35.5. The number of anilines is 2. The average molecular weight is 395 g/mol. The molecule has 25 heavy (non-hydrogen) atoms. The van der Waals surface area contributed by atoms with E-state index in [-0.39, 0.29) is 20.5 Å². The summed E-state index contributed by atoms with van der Waals surface area (Å²) in [6.45, 7) is -28.8. The van der Waals surface area contributed by atoms with Crippen molar-refractivity contribution in [2.45, 2.75) is 16.2 Å². The zero-order valence-electron chi connectivity index (χ0n) is 33.4. The smallest absolute Gasteiger partial charge is 0.0645 e. The molecule has 4 rings (SSSR count). The second-order valence-corrected chi connectivity index (χ2v) is 6.18. The molecule has 2 aliphatic rings. The second-order valence-electron chi connectivity index (χ2n) is 4.69. The van der Waals surface area contributed by atoms with Crippen molar-refractivity contribution in [3.8, 4) is 0 Å². The molecule has 1 fully saturated rings. The first kappa shape index (κ1) is 5.41. The zero-order chi connectivity index (χ0) is 35.8. The highest BCUT2D eigenvalue weighted by Gasteiger charge is 2.23. The van der Waals surface area contributed by atoms with Gasteiger partial charge in [-0.15, -0.1) is 0 Å². The molecule has 2 aliphatic heterocycles. The summed E-state index contributed by atoms with van der Waals surface area (Å²) in [6.07, 6.45) is -4.27. The molecule has 0 saturated carbocycles. The van der Waals surface area contributed by atoms with Gasteiger partial charge in [-0.25, -0.2) is 0 Å². The molecule has 0 spiro atoms. The Balaban J connectivity index is 2.04. The van der Waals surface area contributed by atoms with Crippen LogP contribution < -0.4 is 4.90 Å². The van der Waals surface area contributed by atoms with Crippen LogP contribution in [0.5, 0.6) is 0 Å². The summed E-state index contributed by atoms with van der Waals surface area (Å²) >= 11 is 6.88. The molecule has 0 aromatic heterocycles. The van der Waals surface area contributed by atoms with Crippen LogP contribution in [0.1, 0.15) is 35.2 Å². The second kappa shape index (κ2) is 7.58. The van der Waals surface area contributed by atoms with E-state index in [0.717, 1.165) is 17.8 Å². The van der Waals surface area contributed by atoms with Gasteiger partial charge in [-0.1, -0.05) is 35.4 Å². The maximum atomic E-state index is 9.03. The third kappa shape index (κ3) is 3.82. The Bertz CT molecular complexity index is 1560. The van der Waals surface area contributed by atoms with Gasteiger partial charge in [0, 0.05) is 70.6 Å². The van der Waals surface area contributed by atoms with E-state index < -0.39 is 92.0 Å². The van der Waals surface area contributed by atoms with Crippen LogP contribution in [-0.2, 0) is 0 Å². The standard InChI is InChI=1S/C20H24ClN3S/c1-22-11-13-23(14-12-22)9-4-10-24-17-5-2-3-6-19(17)25-20-8-7-16(21)15-18(20)24/h2-3,5-8,15H,4,9-14H2,1H3/i1D3,2D,3D,4D2,5D,6D,9D2,10D2,11D2,12D2,13D2,14D2. The van der Waals surface area contributed by atoms with Crippen molar-refractivity contribution in [1.82, 2.24) is 9.80 Å². The Morgan fingerprint density at radius 2 is 2.00 bits per heavy atom. The number of nitrogens with zero attached hydrogens (tertiary/aromatic N) is 3. The van der Waals surface area contributed by atoms with E-state index in [1.54, 1.807) is 0 Å². The molecule has 2 aromatic rings. The van der Waals surface area contributed by atoms with E-state index in [4.69, 9.17) is 40.4 Å². The normalized spacial score (nSPS) is 40.7. The van der Waals surface area contributed by atoms with Crippen LogP contribution in [0.2, 0.25) is 5.02 Å². The minimum Gasteiger partial charge on any atom is -0.340 e. The first-order chi connectivity index (χ1) is 20.4. The topological polar surface area (TPSA) is 9.72 Å². The number of para-hydroxylation sites is 1. The van der Waals surface area contributed by atoms with Gasteiger partial charge in [0.05, 0.1) is 16.9 Å². The summed E-state index contributed by atoms with van der Waals surface area (Å²) in [5.41, 5.74) is -1.01. The van der Waals surface area contributed by atoms with Crippen LogP contribution in [0.25, 0.3) is 0 Å². The lowest BCUT2D eigenvalue weighted by Crippen LogP contribution is -2.45. The number of piperazine rings is 1. The van der Waals surface area contributed by atoms with Crippen LogP contribution in [0.3, 0.4) is 0 Å². The molecular formula is C20H24ClN3S. The molecule has 0 bridgehead atoms. The number of halogens is 1. The Kier molecular flexibility index (Phi) is 1.64. The number of likely N-dealkylation sites (N-methyl/N-ethyl adjacent to an activating group) is 1. The van der Waals surface area contributed by atoms with E-state index in [1.807, 2.05) is 0 Å². The first-order valence-corrected chi connectivity index (χ1v) is 8.04. The predicted octanol–water partition coefficient (Wildman–Crippen LogP) is 4.58. The summed E-state index contributed by atoms with van der Waals surface area (Å²) in [7, 11) is 0. The van der Waals surface area contributed by atoms with Crippen LogP contribution >= 0.6 is 23.4 Å². The first-order valence-electron chi connectivity index (χ1n) is 17.3. The van der Waals surface area contributed by atoms with Crippen molar-refractivity contribution in [3.63, 3.8) is 0 Å². The van der Waals surface area contributed by atoms with E-state index in [9.17, 15) is 0 Å². The lowest BCUT2D eigenvalue weighted by Gasteiger charge is -2.35. The molecule has 1 saturated heterocycles. The highest BCUT2D eigenvalue weighted by molar-refractivity contribution is 7.99. The monoisotopic (exact) mass is 394 g/mol. The van der Waals surface area contributed by atoms with E-state index in [1.165, 1.54) is 12.1 Å². The van der Waals surface area contributed by atoms with Gasteiger partial charge < -0.3 is 14.7 Å². The summed E-state index contributed by atoms with van der Waals surface area (Å²) in [5.74, 6) is 0. The number of rotatable bonds is 4. The van der Waals surface area contributed by atoms with Gasteiger partial charge in [-0.3, -0.25) is 0 Å². The van der Waals surface area contributed by atoms with Gasteiger partial charge in [-0.2, -0.15) is 0 Å². The van der Waals surface area contributed by atoms with Crippen molar-refractivity contribution in [3.05, 3.63) is 47.4 Å². The maximum Gasteiger partial charge on any atom is 0.0645 e. The largest absolute Gasteiger partial charge is 0.340 e. The van der Waals surface area contributed by atoms with Gasteiger partial charge in [0.2, 0.25) is 0 Å². The summed E-state index contributed by atoms with van der Waals surface area (Å²) in [6, 6.07) is 0.569. The fraction of sp³-hybridized carbons (Fsp3) is 0.400. The molecule has 132 valence electrons. The van der Waals surface area contributed by atoms with Crippen molar-refractivity contribution < 1.29 is 28.8 Å². The van der Waals surface area contributed by atoms with Crippen LogP contribution in [0.15, 0.2) is 52.2 Å². The Hall–Kier alpha value is -1.20. The molecule has 0 radical (unpaired) electrons. The van der Waals surface area contributed by atoms with E-state index in [0.29, 0.717) is 4.90 Å². The van der Waals surface area contributed by atoms with Crippen LogP contribution in [0, 0.1) is 0 Å². The van der Waals surface area contributed by atoms with Gasteiger partial charge in [0.15, 0.2) is 0 Å². The van der Waals surface area contributed by atoms with Crippen molar-refractivity contribution >= 4 is 34.7 Å². The van der Waals surface area contributed by atoms with E-state index in [2.05, 4.69) is 0 Å². The van der Waals surface area contributed by atoms with Gasteiger partial charge in [0.25, 0.3) is 0 Å². The third-order valence-electron chi connectivity index (χ3n) is 3.11. The Morgan fingerprint density at radius 1 is 1.16 bits per heavy atom. The fourth-order valence-electron chi connectivity index (χ4n) is 2.07. The molecule has 0 N–H and O–H groups in total. The molecular weight excluding hydrogens is 350 g/mol. The minimum absolute atomic E-state index is 0.0618. The number of fused-ring (bicyclic) bond motifs is 2. The molecule has 2 heterocycles. The lowest BCUT2D eigenvalue weighted by molar-refractivity contribution is 0.153. The fourth-order valence-corrected chi connectivity index (χ4v) is 3.19. The van der Waals surface area contributed by atoms with E-state index >= 15 is 0 Å².